The molecule has 0 radical (unpaired) electrons. The van der Waals surface area contributed by atoms with Crippen LogP contribution in [0.1, 0.15) is 5.82 Å². The highest BCUT2D eigenvalue weighted by Gasteiger charge is 2.10. The number of halogens is 1. The van der Waals surface area contributed by atoms with Crippen LogP contribution in [0.4, 0.5) is 5.82 Å². The molecule has 0 saturated heterocycles. The van der Waals surface area contributed by atoms with Crippen LogP contribution in [0.3, 0.4) is 0 Å². The van der Waals surface area contributed by atoms with Crippen LogP contribution in [0.15, 0.2) is 36.8 Å². The number of hydrogen-bond acceptors (Lipinski definition) is 3. The summed E-state index contributed by atoms with van der Waals surface area (Å²) >= 11 is 6.34. The summed E-state index contributed by atoms with van der Waals surface area (Å²) in [5.41, 5.74) is 8.47. The number of aromatic nitrogens is 4. The molecular formula is C13H12ClN5. The van der Waals surface area contributed by atoms with Crippen molar-refractivity contribution in [2.45, 2.75) is 6.92 Å². The highest BCUT2D eigenvalue weighted by molar-refractivity contribution is 6.32. The summed E-state index contributed by atoms with van der Waals surface area (Å²) in [5, 5.41) is 7.25. The van der Waals surface area contributed by atoms with Crippen LogP contribution in [0, 0.1) is 6.92 Å². The van der Waals surface area contributed by atoms with Gasteiger partial charge in [0.1, 0.15) is 11.6 Å². The maximum Gasteiger partial charge on any atom is 0.126 e. The molecule has 0 aliphatic heterocycles. The van der Waals surface area contributed by atoms with E-state index in [1.54, 1.807) is 12.4 Å². The number of nitrogens with two attached hydrogens (primary N) is 1. The largest absolute Gasteiger partial charge is 0.384 e. The number of benzene rings is 1. The summed E-state index contributed by atoms with van der Waals surface area (Å²) in [6.07, 6.45) is 5.30. The van der Waals surface area contributed by atoms with Gasteiger partial charge in [0.2, 0.25) is 0 Å². The van der Waals surface area contributed by atoms with Gasteiger partial charge < -0.3 is 10.3 Å². The maximum atomic E-state index is 6.34. The van der Waals surface area contributed by atoms with Crippen molar-refractivity contribution in [2.24, 2.45) is 0 Å². The third-order valence-corrected chi connectivity index (χ3v) is 3.32. The molecule has 19 heavy (non-hydrogen) atoms. The van der Waals surface area contributed by atoms with Crippen molar-refractivity contribution in [2.75, 3.05) is 5.73 Å². The molecule has 2 aromatic heterocycles. The lowest BCUT2D eigenvalue weighted by atomic mass is 10.1. The number of nitrogens with one attached hydrogen (secondary N) is 1. The van der Waals surface area contributed by atoms with Gasteiger partial charge in [-0.2, -0.15) is 5.10 Å². The van der Waals surface area contributed by atoms with Crippen LogP contribution in [-0.4, -0.2) is 19.7 Å². The van der Waals surface area contributed by atoms with Crippen molar-refractivity contribution in [1.82, 2.24) is 19.7 Å². The molecule has 1 aromatic carbocycles. The average Bonchev–Trinajstić information content (AvgIpc) is 2.98. The molecule has 0 amide bonds. The van der Waals surface area contributed by atoms with E-state index in [1.807, 2.05) is 35.9 Å². The summed E-state index contributed by atoms with van der Waals surface area (Å²) in [6.45, 7) is 1.93. The third kappa shape index (κ3) is 1.98. The van der Waals surface area contributed by atoms with E-state index in [0.717, 1.165) is 22.6 Å². The lowest BCUT2D eigenvalue weighted by Gasteiger charge is -2.09. The molecule has 0 saturated carbocycles. The third-order valence-electron chi connectivity index (χ3n) is 3.01. The molecule has 5 nitrogen and oxygen atoms in total. The second-order valence-corrected chi connectivity index (χ2v) is 4.62. The standard InChI is InChI=1S/C13H12ClN5/c1-8-16-4-5-19(8)12-3-2-9(6-11(12)14)10-7-17-18-13(10)15/h2-7H,1H3,(H3,15,17,18). The summed E-state index contributed by atoms with van der Waals surface area (Å²) in [6, 6.07) is 5.78. The van der Waals surface area contributed by atoms with Gasteiger partial charge in [0.15, 0.2) is 0 Å². The number of nitrogen functional groups attached to an aromatic ring is 1. The Hall–Kier alpha value is -2.27. The molecule has 2 heterocycles. The SMILES string of the molecule is Cc1nccn1-c1ccc(-c2cn[nH]c2N)cc1Cl. The molecule has 0 aliphatic rings. The van der Waals surface area contributed by atoms with E-state index in [2.05, 4.69) is 15.2 Å². The molecule has 0 fully saturated rings. The van der Waals surface area contributed by atoms with Crippen molar-refractivity contribution in [3.8, 4) is 16.8 Å². The molecule has 0 aliphatic carbocycles. The van der Waals surface area contributed by atoms with E-state index >= 15 is 0 Å². The van der Waals surface area contributed by atoms with Gasteiger partial charge in [0.05, 0.1) is 16.9 Å². The molecular weight excluding hydrogens is 262 g/mol. The lowest BCUT2D eigenvalue weighted by Crippen LogP contribution is -1.97. The van der Waals surface area contributed by atoms with Crippen molar-refractivity contribution < 1.29 is 0 Å². The number of nitrogens with zero attached hydrogens (tertiary/aromatic N) is 3. The smallest absolute Gasteiger partial charge is 0.126 e. The fourth-order valence-electron chi connectivity index (χ4n) is 2.03. The molecule has 3 rings (SSSR count). The minimum Gasteiger partial charge on any atom is -0.384 e. The summed E-state index contributed by atoms with van der Waals surface area (Å²) in [7, 11) is 0. The van der Waals surface area contributed by atoms with Crippen LogP contribution in [0.5, 0.6) is 0 Å². The van der Waals surface area contributed by atoms with Crippen LogP contribution in [0.25, 0.3) is 16.8 Å². The topological polar surface area (TPSA) is 72.5 Å². The first kappa shape index (κ1) is 11.8. The fourth-order valence-corrected chi connectivity index (χ4v) is 2.30. The van der Waals surface area contributed by atoms with Crippen molar-refractivity contribution in [3.05, 3.63) is 47.6 Å². The Kier molecular flexibility index (Phi) is 2.76. The second kappa shape index (κ2) is 4.44. The first-order valence-electron chi connectivity index (χ1n) is 5.76. The number of aryl methyl sites for hydroxylation is 1. The van der Waals surface area contributed by atoms with Gasteiger partial charge >= 0.3 is 0 Å². The summed E-state index contributed by atoms with van der Waals surface area (Å²) in [5.74, 6) is 1.42. The van der Waals surface area contributed by atoms with Gasteiger partial charge in [-0.1, -0.05) is 17.7 Å². The Labute approximate surface area is 115 Å². The monoisotopic (exact) mass is 273 g/mol. The van der Waals surface area contributed by atoms with Crippen LogP contribution in [0.2, 0.25) is 5.02 Å². The van der Waals surface area contributed by atoms with Gasteiger partial charge in [0, 0.05) is 18.0 Å². The Morgan fingerprint density at radius 2 is 2.21 bits per heavy atom. The van der Waals surface area contributed by atoms with Gasteiger partial charge in [-0.05, 0) is 24.6 Å². The fraction of sp³-hybridized carbons (Fsp3) is 0.0769. The Morgan fingerprint density at radius 1 is 1.37 bits per heavy atom. The summed E-state index contributed by atoms with van der Waals surface area (Å²) in [4.78, 5) is 4.19. The molecule has 3 N–H and O–H groups in total. The van der Waals surface area contributed by atoms with Crippen molar-refractivity contribution >= 4 is 17.4 Å². The minimum absolute atomic E-state index is 0.530. The van der Waals surface area contributed by atoms with E-state index in [9.17, 15) is 0 Å². The van der Waals surface area contributed by atoms with E-state index in [0.29, 0.717) is 10.8 Å². The van der Waals surface area contributed by atoms with E-state index < -0.39 is 0 Å². The Balaban J connectivity index is 2.09. The van der Waals surface area contributed by atoms with Crippen LogP contribution < -0.4 is 5.73 Å². The quantitative estimate of drug-likeness (QED) is 0.754. The molecule has 0 atom stereocenters. The first-order chi connectivity index (χ1) is 9.16. The maximum absolute atomic E-state index is 6.34. The highest BCUT2D eigenvalue weighted by Crippen LogP contribution is 2.30. The molecule has 3 aromatic rings. The van der Waals surface area contributed by atoms with E-state index in [-0.39, 0.29) is 0 Å². The van der Waals surface area contributed by atoms with Gasteiger partial charge in [0.25, 0.3) is 0 Å². The van der Waals surface area contributed by atoms with Gasteiger partial charge in [-0.3, -0.25) is 5.10 Å². The molecule has 0 unspecified atom stereocenters. The number of H-pyrrole nitrogens is 1. The molecule has 96 valence electrons. The number of hydrogen-bond donors (Lipinski definition) is 2. The first-order valence-corrected chi connectivity index (χ1v) is 6.13. The summed E-state index contributed by atoms with van der Waals surface area (Å²) < 4.78 is 1.94. The highest BCUT2D eigenvalue weighted by atomic mass is 35.5. The lowest BCUT2D eigenvalue weighted by molar-refractivity contribution is 0.975. The Morgan fingerprint density at radius 3 is 2.79 bits per heavy atom. The average molecular weight is 274 g/mol. The normalized spacial score (nSPS) is 10.8. The second-order valence-electron chi connectivity index (χ2n) is 4.21. The number of rotatable bonds is 2. The zero-order chi connectivity index (χ0) is 13.4. The predicted molar refractivity (Wildman–Crippen MR) is 75.3 cm³/mol. The van der Waals surface area contributed by atoms with Crippen molar-refractivity contribution in [3.63, 3.8) is 0 Å². The van der Waals surface area contributed by atoms with Crippen molar-refractivity contribution in [1.29, 1.82) is 0 Å². The number of imidazole rings is 1. The molecule has 0 bridgehead atoms. The number of anilines is 1. The van der Waals surface area contributed by atoms with E-state index in [1.165, 1.54) is 0 Å². The predicted octanol–water partition coefficient (Wildman–Crippen LogP) is 2.81. The zero-order valence-electron chi connectivity index (χ0n) is 10.3. The van der Waals surface area contributed by atoms with Crippen LogP contribution >= 0.6 is 11.6 Å². The van der Waals surface area contributed by atoms with E-state index in [4.69, 9.17) is 17.3 Å². The van der Waals surface area contributed by atoms with Crippen LogP contribution in [-0.2, 0) is 0 Å². The van der Waals surface area contributed by atoms with Gasteiger partial charge in [-0.15, -0.1) is 0 Å². The molecule has 0 spiro atoms. The van der Waals surface area contributed by atoms with Gasteiger partial charge in [-0.25, -0.2) is 4.98 Å². The molecule has 6 heteroatoms. The number of aromatic amines is 1. The minimum atomic E-state index is 0.530. The zero-order valence-corrected chi connectivity index (χ0v) is 11.0. The Bertz CT molecular complexity index is 728.